The van der Waals surface area contributed by atoms with Crippen molar-refractivity contribution in [2.75, 3.05) is 45.9 Å². The first kappa shape index (κ1) is 30.1. The minimum absolute atomic E-state index is 0.0374. The summed E-state index contributed by atoms with van der Waals surface area (Å²) in [4.78, 5) is 5.20. The van der Waals surface area contributed by atoms with Crippen LogP contribution >= 0.6 is 0 Å². The molecule has 3 heterocycles. The van der Waals surface area contributed by atoms with Gasteiger partial charge in [-0.05, 0) is 116 Å². The van der Waals surface area contributed by atoms with Gasteiger partial charge < -0.3 is 24.2 Å². The Hall–Kier alpha value is -0.240. The van der Waals surface area contributed by atoms with Crippen LogP contribution in [0.5, 0.6) is 0 Å². The van der Waals surface area contributed by atoms with Crippen molar-refractivity contribution in [2.24, 2.45) is 56.7 Å². The number of hydrogen-bond donors (Lipinski definition) is 1. The molecule has 6 nitrogen and oxygen atoms in total. The second-order valence-electron chi connectivity index (χ2n) is 18.4. The van der Waals surface area contributed by atoms with Crippen molar-refractivity contribution in [1.29, 1.82) is 0 Å². The van der Waals surface area contributed by atoms with Gasteiger partial charge in [0.1, 0.15) is 0 Å². The Morgan fingerprint density at radius 3 is 2.40 bits per heavy atom. The normalized spacial score (nSPS) is 54.6. The molecule has 4 unspecified atom stereocenters. The number of likely N-dealkylation sites (tertiary alicyclic amines) is 1. The lowest BCUT2D eigenvalue weighted by molar-refractivity contribution is -0.249. The minimum atomic E-state index is -0.325. The Morgan fingerprint density at radius 2 is 1.63 bits per heavy atom. The fourth-order valence-corrected chi connectivity index (χ4v) is 14.0. The van der Waals surface area contributed by atoms with Crippen molar-refractivity contribution in [2.45, 2.75) is 130 Å². The minimum Gasteiger partial charge on any atom is -0.390 e. The second kappa shape index (κ2) is 9.89. The third-order valence-corrected chi connectivity index (χ3v) is 16.4. The number of fused-ring (bicyclic) bond motifs is 4. The summed E-state index contributed by atoms with van der Waals surface area (Å²) in [6.45, 7) is 24.5. The molecule has 0 aromatic rings. The molecule has 0 radical (unpaired) electrons. The average molecular weight is 599 g/mol. The molecular formula is C37H62N2O4. The lowest BCUT2D eigenvalue weighted by atomic mass is 9.41. The lowest BCUT2D eigenvalue weighted by Crippen LogP contribution is -2.60. The summed E-state index contributed by atoms with van der Waals surface area (Å²) in [7, 11) is 0. The SMILES string of the molecule is CC(C)N1CC(CN2CCOC(O[C@H]3CC[C@]45CC46CC[C@]4(C)[C@@H]7C(OCC[C@H]7C)[C@H](O)[C@@]4(C)C6CC[C@H]5C3(C)C)C2)C1. The van der Waals surface area contributed by atoms with Crippen molar-refractivity contribution in [3.63, 3.8) is 0 Å². The molecule has 43 heavy (non-hydrogen) atoms. The molecule has 1 N–H and O–H groups in total. The van der Waals surface area contributed by atoms with E-state index in [1.54, 1.807) is 0 Å². The molecule has 12 atom stereocenters. The maximum absolute atomic E-state index is 12.1. The maximum Gasteiger partial charge on any atom is 0.170 e. The highest BCUT2D eigenvalue weighted by atomic mass is 16.7. The lowest BCUT2D eigenvalue weighted by Gasteiger charge is -2.63. The van der Waals surface area contributed by atoms with E-state index in [-0.39, 0.29) is 40.8 Å². The highest BCUT2D eigenvalue weighted by Gasteiger charge is 2.84. The fourth-order valence-electron chi connectivity index (χ4n) is 14.0. The first-order valence-corrected chi connectivity index (χ1v) is 18.4. The molecule has 8 aliphatic rings. The Morgan fingerprint density at radius 1 is 0.884 bits per heavy atom. The molecule has 0 bridgehead atoms. The molecular weight excluding hydrogens is 536 g/mol. The molecule has 6 heteroatoms. The van der Waals surface area contributed by atoms with Crippen LogP contribution in [-0.4, -0.2) is 91.5 Å². The van der Waals surface area contributed by atoms with E-state index >= 15 is 0 Å². The Bertz CT molecular complexity index is 1090. The van der Waals surface area contributed by atoms with Crippen LogP contribution in [0.2, 0.25) is 0 Å². The van der Waals surface area contributed by atoms with Gasteiger partial charge in [-0.25, -0.2) is 0 Å². The van der Waals surface area contributed by atoms with Crippen LogP contribution in [0, 0.1) is 56.7 Å². The number of nitrogens with zero attached hydrogens (tertiary/aromatic N) is 2. The van der Waals surface area contributed by atoms with Crippen molar-refractivity contribution < 1.29 is 19.3 Å². The highest BCUT2D eigenvalue weighted by Crippen LogP contribution is 2.89. The van der Waals surface area contributed by atoms with Crippen LogP contribution in [0.4, 0.5) is 0 Å². The summed E-state index contributed by atoms with van der Waals surface area (Å²) in [6.07, 6.45) is 10.1. The Labute approximate surface area is 261 Å². The van der Waals surface area contributed by atoms with E-state index in [2.05, 4.69) is 58.3 Å². The topological polar surface area (TPSA) is 54.4 Å². The van der Waals surface area contributed by atoms with E-state index < -0.39 is 0 Å². The number of hydrogen-bond acceptors (Lipinski definition) is 6. The van der Waals surface area contributed by atoms with Crippen molar-refractivity contribution in [3.05, 3.63) is 0 Å². The summed E-state index contributed by atoms with van der Waals surface area (Å²) in [5, 5.41) is 12.1. The smallest absolute Gasteiger partial charge is 0.170 e. The summed E-state index contributed by atoms with van der Waals surface area (Å²) >= 11 is 0. The molecule has 3 aliphatic heterocycles. The number of aliphatic hydroxyl groups excluding tert-OH is 1. The summed E-state index contributed by atoms with van der Waals surface area (Å²) in [5.41, 5.74) is 1.13. The molecule has 0 amide bonds. The molecule has 8 fully saturated rings. The monoisotopic (exact) mass is 598 g/mol. The molecule has 2 spiro atoms. The molecule has 3 saturated heterocycles. The van der Waals surface area contributed by atoms with E-state index in [9.17, 15) is 5.11 Å². The van der Waals surface area contributed by atoms with Crippen molar-refractivity contribution in [1.82, 2.24) is 9.80 Å². The molecule has 5 aliphatic carbocycles. The van der Waals surface area contributed by atoms with E-state index in [4.69, 9.17) is 14.2 Å². The zero-order chi connectivity index (χ0) is 30.2. The fraction of sp³-hybridized carbons (Fsp3) is 1.00. The van der Waals surface area contributed by atoms with Gasteiger partial charge in [0.15, 0.2) is 6.29 Å². The summed E-state index contributed by atoms with van der Waals surface area (Å²) in [5.74, 6) is 3.26. The van der Waals surface area contributed by atoms with Gasteiger partial charge in [-0.15, -0.1) is 0 Å². The molecule has 8 rings (SSSR count). The van der Waals surface area contributed by atoms with Gasteiger partial charge in [0.05, 0.1) is 24.9 Å². The van der Waals surface area contributed by atoms with Gasteiger partial charge in [-0.3, -0.25) is 4.90 Å². The maximum atomic E-state index is 12.1. The van der Waals surface area contributed by atoms with E-state index in [1.165, 1.54) is 58.2 Å². The number of rotatable bonds is 5. The Kier molecular flexibility index (Phi) is 6.93. The van der Waals surface area contributed by atoms with Crippen LogP contribution < -0.4 is 0 Å². The zero-order valence-electron chi connectivity index (χ0n) is 28.4. The van der Waals surface area contributed by atoms with E-state index in [0.29, 0.717) is 40.5 Å². The third-order valence-electron chi connectivity index (χ3n) is 16.4. The van der Waals surface area contributed by atoms with Crippen LogP contribution in [0.15, 0.2) is 0 Å². The van der Waals surface area contributed by atoms with Gasteiger partial charge in [0, 0.05) is 50.8 Å². The van der Waals surface area contributed by atoms with Crippen LogP contribution in [-0.2, 0) is 14.2 Å². The molecule has 244 valence electrons. The molecule has 5 saturated carbocycles. The predicted octanol–water partition coefficient (Wildman–Crippen LogP) is 5.81. The first-order chi connectivity index (χ1) is 20.4. The van der Waals surface area contributed by atoms with Crippen LogP contribution in [0.1, 0.15) is 99.8 Å². The molecule has 0 aromatic carbocycles. The van der Waals surface area contributed by atoms with Crippen LogP contribution in [0.25, 0.3) is 0 Å². The molecule has 0 aromatic heterocycles. The number of ether oxygens (including phenoxy) is 3. The average Bonchev–Trinajstić information content (AvgIpc) is 3.57. The highest BCUT2D eigenvalue weighted by molar-refractivity contribution is 5.32. The van der Waals surface area contributed by atoms with Crippen molar-refractivity contribution >= 4 is 0 Å². The predicted molar refractivity (Wildman–Crippen MR) is 168 cm³/mol. The Balaban J connectivity index is 0.968. The number of morpholine rings is 1. The van der Waals surface area contributed by atoms with Crippen molar-refractivity contribution in [3.8, 4) is 0 Å². The van der Waals surface area contributed by atoms with Crippen LogP contribution in [0.3, 0.4) is 0 Å². The summed E-state index contributed by atoms with van der Waals surface area (Å²) < 4.78 is 19.7. The van der Waals surface area contributed by atoms with Gasteiger partial charge in [0.2, 0.25) is 0 Å². The zero-order valence-corrected chi connectivity index (χ0v) is 28.4. The largest absolute Gasteiger partial charge is 0.390 e. The third kappa shape index (κ3) is 3.92. The number of aliphatic hydroxyl groups is 1. The van der Waals surface area contributed by atoms with Gasteiger partial charge in [-0.2, -0.15) is 0 Å². The van der Waals surface area contributed by atoms with E-state index in [1.807, 2.05) is 0 Å². The van der Waals surface area contributed by atoms with Gasteiger partial charge in [0.25, 0.3) is 0 Å². The van der Waals surface area contributed by atoms with Gasteiger partial charge >= 0.3 is 0 Å². The van der Waals surface area contributed by atoms with E-state index in [0.717, 1.165) is 45.1 Å². The second-order valence-corrected chi connectivity index (χ2v) is 18.4. The summed E-state index contributed by atoms with van der Waals surface area (Å²) in [6, 6.07) is 0.667. The first-order valence-electron chi connectivity index (χ1n) is 18.4. The van der Waals surface area contributed by atoms with Gasteiger partial charge in [-0.1, -0.05) is 34.6 Å². The standard InChI is InChI=1S/C37H62N2O4/c1-23(2)39-19-25(20-39)18-38-15-17-41-29(21-38)43-28-10-12-36-22-37(36)14-13-34(6)30-24(3)11-16-42-31(30)32(40)35(34,7)27(37)9-8-26(36)33(28,4)5/h23-32,40H,8-22H2,1-7H3/t24-,26+,27?,28+,29?,30+,31?,32+,34-,35-,36-,37?/m1/s1. The quantitative estimate of drug-likeness (QED) is 0.431.